The Morgan fingerprint density at radius 3 is 2.60 bits per heavy atom. The number of aryl methyl sites for hydroxylation is 1. The Morgan fingerprint density at radius 1 is 1.05 bits per heavy atom. The van der Waals surface area contributed by atoms with Crippen molar-refractivity contribution in [3.8, 4) is 11.5 Å². The molecule has 0 radical (unpaired) electrons. The number of fused-ring (bicyclic) bond motifs is 1. The molecule has 0 amide bonds. The second kappa shape index (κ2) is 5.39. The largest absolute Gasteiger partial charge is 0.457 e. The highest BCUT2D eigenvalue weighted by Gasteiger charge is 2.09. The average Bonchev–Trinajstić information content (AvgIpc) is 2.77. The van der Waals surface area contributed by atoms with E-state index in [0.29, 0.717) is 6.54 Å². The lowest BCUT2D eigenvalue weighted by atomic mass is 10.1. The third kappa shape index (κ3) is 2.40. The molecule has 0 atom stereocenters. The fourth-order valence-corrected chi connectivity index (χ4v) is 2.52. The highest BCUT2D eigenvalue weighted by molar-refractivity contribution is 5.86. The fourth-order valence-electron chi connectivity index (χ4n) is 2.52. The molecule has 0 saturated heterocycles. The summed E-state index contributed by atoms with van der Waals surface area (Å²) in [5.74, 6) is 1.69. The molecular weight excluding hydrogens is 248 g/mol. The Bertz CT molecular complexity index is 716. The quantitative estimate of drug-likeness (QED) is 0.755. The van der Waals surface area contributed by atoms with Crippen LogP contribution in [0.1, 0.15) is 11.3 Å². The highest BCUT2D eigenvalue weighted by Crippen LogP contribution is 2.29. The van der Waals surface area contributed by atoms with Gasteiger partial charge in [-0.1, -0.05) is 18.2 Å². The van der Waals surface area contributed by atoms with E-state index in [2.05, 4.69) is 24.0 Å². The second-order valence-corrected chi connectivity index (χ2v) is 4.89. The molecule has 0 aliphatic rings. The number of aromatic nitrogens is 1. The molecule has 2 aromatic carbocycles. The van der Waals surface area contributed by atoms with E-state index in [-0.39, 0.29) is 0 Å². The molecule has 0 aliphatic carbocycles. The lowest BCUT2D eigenvalue weighted by molar-refractivity contribution is 0.483. The van der Waals surface area contributed by atoms with Gasteiger partial charge in [0.15, 0.2) is 0 Å². The molecule has 1 aromatic heterocycles. The molecule has 0 unspecified atom stereocenters. The van der Waals surface area contributed by atoms with Gasteiger partial charge < -0.3 is 15.5 Å². The van der Waals surface area contributed by atoms with Gasteiger partial charge in [0.05, 0.1) is 0 Å². The molecule has 0 fully saturated rings. The van der Waals surface area contributed by atoms with Gasteiger partial charge in [0, 0.05) is 16.6 Å². The summed E-state index contributed by atoms with van der Waals surface area (Å²) < 4.78 is 5.88. The van der Waals surface area contributed by atoms with Crippen LogP contribution >= 0.6 is 0 Å². The molecule has 3 N–H and O–H groups in total. The van der Waals surface area contributed by atoms with Crippen LogP contribution in [0.5, 0.6) is 11.5 Å². The Morgan fingerprint density at radius 2 is 1.85 bits per heavy atom. The standard InChI is InChI=1S/C17H18N2O/c1-12-15(9-10-18)16-11-14(7-8-17(16)19-12)20-13-5-3-2-4-6-13/h2-8,11,19H,9-10,18H2,1H3. The summed E-state index contributed by atoms with van der Waals surface area (Å²) in [5, 5.41) is 1.20. The zero-order chi connectivity index (χ0) is 13.9. The van der Waals surface area contributed by atoms with Crippen molar-refractivity contribution in [2.24, 2.45) is 5.73 Å². The van der Waals surface area contributed by atoms with Crippen LogP contribution in [-0.2, 0) is 6.42 Å². The Labute approximate surface area is 118 Å². The van der Waals surface area contributed by atoms with Crippen LogP contribution in [0.25, 0.3) is 10.9 Å². The van der Waals surface area contributed by atoms with Crippen LogP contribution in [0.2, 0.25) is 0 Å². The highest BCUT2D eigenvalue weighted by atomic mass is 16.5. The van der Waals surface area contributed by atoms with Gasteiger partial charge in [0.2, 0.25) is 0 Å². The molecule has 0 aliphatic heterocycles. The number of hydrogen-bond acceptors (Lipinski definition) is 2. The van der Waals surface area contributed by atoms with Crippen molar-refractivity contribution in [1.29, 1.82) is 0 Å². The first kappa shape index (κ1) is 12.8. The van der Waals surface area contributed by atoms with Gasteiger partial charge in [-0.05, 0) is 55.8 Å². The zero-order valence-corrected chi connectivity index (χ0v) is 11.5. The van der Waals surface area contributed by atoms with E-state index in [1.165, 1.54) is 16.6 Å². The van der Waals surface area contributed by atoms with E-state index in [1.807, 2.05) is 36.4 Å². The number of aromatic amines is 1. The van der Waals surface area contributed by atoms with E-state index in [0.717, 1.165) is 23.4 Å². The van der Waals surface area contributed by atoms with E-state index in [1.54, 1.807) is 0 Å². The number of ether oxygens (including phenoxy) is 1. The minimum Gasteiger partial charge on any atom is -0.457 e. The molecular formula is C17H18N2O. The minimum atomic E-state index is 0.650. The predicted octanol–water partition coefficient (Wildman–Crippen LogP) is 3.77. The summed E-state index contributed by atoms with van der Waals surface area (Å²) in [5.41, 5.74) is 9.29. The molecule has 0 bridgehead atoms. The monoisotopic (exact) mass is 266 g/mol. The maximum Gasteiger partial charge on any atom is 0.128 e. The van der Waals surface area contributed by atoms with Crippen molar-refractivity contribution in [3.05, 3.63) is 59.8 Å². The number of H-pyrrole nitrogens is 1. The first-order chi connectivity index (χ1) is 9.78. The number of nitrogens with two attached hydrogens (primary N) is 1. The number of nitrogens with one attached hydrogen (secondary N) is 1. The second-order valence-electron chi connectivity index (χ2n) is 4.89. The van der Waals surface area contributed by atoms with Gasteiger partial charge in [-0.15, -0.1) is 0 Å². The molecule has 3 nitrogen and oxygen atoms in total. The molecule has 0 saturated carbocycles. The Kier molecular flexibility index (Phi) is 3.44. The normalized spacial score (nSPS) is 10.9. The van der Waals surface area contributed by atoms with E-state index >= 15 is 0 Å². The van der Waals surface area contributed by atoms with Crippen molar-refractivity contribution in [2.45, 2.75) is 13.3 Å². The third-order valence-corrected chi connectivity index (χ3v) is 3.46. The maximum atomic E-state index is 5.88. The van der Waals surface area contributed by atoms with Crippen LogP contribution in [0, 0.1) is 6.92 Å². The van der Waals surface area contributed by atoms with Gasteiger partial charge in [0.25, 0.3) is 0 Å². The maximum absolute atomic E-state index is 5.88. The van der Waals surface area contributed by atoms with Crippen molar-refractivity contribution in [1.82, 2.24) is 4.98 Å². The zero-order valence-electron chi connectivity index (χ0n) is 11.5. The van der Waals surface area contributed by atoms with Gasteiger partial charge in [-0.25, -0.2) is 0 Å². The topological polar surface area (TPSA) is 51.0 Å². The first-order valence-corrected chi connectivity index (χ1v) is 6.82. The van der Waals surface area contributed by atoms with Crippen LogP contribution in [0.4, 0.5) is 0 Å². The molecule has 3 aromatic rings. The van der Waals surface area contributed by atoms with Gasteiger partial charge in [0.1, 0.15) is 11.5 Å². The predicted molar refractivity (Wildman–Crippen MR) is 82.3 cm³/mol. The lowest BCUT2D eigenvalue weighted by Crippen LogP contribution is -2.03. The number of benzene rings is 2. The summed E-state index contributed by atoms with van der Waals surface area (Å²) >= 11 is 0. The van der Waals surface area contributed by atoms with Crippen molar-refractivity contribution in [2.75, 3.05) is 6.54 Å². The molecule has 3 heteroatoms. The van der Waals surface area contributed by atoms with E-state index in [4.69, 9.17) is 10.5 Å². The lowest BCUT2D eigenvalue weighted by Gasteiger charge is -2.06. The minimum absolute atomic E-state index is 0.650. The van der Waals surface area contributed by atoms with Crippen LogP contribution in [0.15, 0.2) is 48.5 Å². The number of rotatable bonds is 4. The molecule has 102 valence electrons. The summed E-state index contributed by atoms with van der Waals surface area (Å²) in [4.78, 5) is 3.39. The Hall–Kier alpha value is -2.26. The van der Waals surface area contributed by atoms with Crippen molar-refractivity contribution >= 4 is 10.9 Å². The van der Waals surface area contributed by atoms with Crippen molar-refractivity contribution in [3.63, 3.8) is 0 Å². The van der Waals surface area contributed by atoms with Crippen LogP contribution in [-0.4, -0.2) is 11.5 Å². The van der Waals surface area contributed by atoms with E-state index in [9.17, 15) is 0 Å². The number of para-hydroxylation sites is 1. The van der Waals surface area contributed by atoms with Crippen LogP contribution in [0.3, 0.4) is 0 Å². The van der Waals surface area contributed by atoms with Gasteiger partial charge in [-0.3, -0.25) is 0 Å². The fraction of sp³-hybridized carbons (Fsp3) is 0.176. The van der Waals surface area contributed by atoms with E-state index < -0.39 is 0 Å². The van der Waals surface area contributed by atoms with Crippen molar-refractivity contribution < 1.29 is 4.74 Å². The third-order valence-electron chi connectivity index (χ3n) is 3.46. The SMILES string of the molecule is Cc1[nH]c2ccc(Oc3ccccc3)cc2c1CCN. The molecule has 0 spiro atoms. The van der Waals surface area contributed by atoms with Gasteiger partial charge in [-0.2, -0.15) is 0 Å². The summed E-state index contributed by atoms with van der Waals surface area (Å²) in [6.45, 7) is 2.74. The summed E-state index contributed by atoms with van der Waals surface area (Å²) in [6, 6.07) is 15.9. The Balaban J connectivity index is 1.99. The molecule has 20 heavy (non-hydrogen) atoms. The number of hydrogen-bond donors (Lipinski definition) is 2. The van der Waals surface area contributed by atoms with Crippen LogP contribution < -0.4 is 10.5 Å². The van der Waals surface area contributed by atoms with Gasteiger partial charge >= 0.3 is 0 Å². The summed E-state index contributed by atoms with van der Waals surface area (Å²) in [7, 11) is 0. The molecule has 3 rings (SSSR count). The summed E-state index contributed by atoms with van der Waals surface area (Å²) in [6.07, 6.45) is 0.876. The smallest absolute Gasteiger partial charge is 0.128 e. The average molecular weight is 266 g/mol. The molecule has 1 heterocycles. The first-order valence-electron chi connectivity index (χ1n) is 6.82.